The number of hydrogen-bond acceptors (Lipinski definition) is 5. The Hall–Kier alpha value is -1.59. The molecule has 100 valence electrons. The van der Waals surface area contributed by atoms with Crippen molar-refractivity contribution >= 4 is 34.6 Å². The molecule has 1 N–H and O–H groups in total. The molecule has 0 aliphatic heterocycles. The Bertz CT molecular complexity index is 586. The van der Waals surface area contributed by atoms with Crippen LogP contribution in [0, 0.1) is 6.92 Å². The van der Waals surface area contributed by atoms with Crippen LogP contribution in [0.25, 0.3) is 0 Å². The van der Waals surface area contributed by atoms with E-state index in [1.165, 1.54) is 24.6 Å². The first-order valence-electron chi connectivity index (χ1n) is 5.63. The molecule has 6 heteroatoms. The van der Waals surface area contributed by atoms with E-state index >= 15 is 0 Å². The minimum atomic E-state index is -0.649. The molecule has 0 fully saturated rings. The highest BCUT2D eigenvalue weighted by atomic mass is 35.5. The molecule has 2 aromatic rings. The van der Waals surface area contributed by atoms with E-state index in [2.05, 4.69) is 10.3 Å². The van der Waals surface area contributed by atoms with Crippen LogP contribution in [0.2, 0.25) is 4.34 Å². The van der Waals surface area contributed by atoms with Crippen LogP contribution in [-0.4, -0.2) is 18.1 Å². The fourth-order valence-corrected chi connectivity index (χ4v) is 2.60. The van der Waals surface area contributed by atoms with Crippen molar-refractivity contribution in [3.63, 3.8) is 0 Å². The first-order valence-corrected chi connectivity index (χ1v) is 6.82. The summed E-state index contributed by atoms with van der Waals surface area (Å²) in [5.74, 6) is -0.394. The summed E-state index contributed by atoms with van der Waals surface area (Å²) in [6.07, 6.45) is 1.52. The topological polar surface area (TPSA) is 51.2 Å². The van der Waals surface area contributed by atoms with Crippen LogP contribution in [0.4, 0.5) is 5.69 Å². The summed E-state index contributed by atoms with van der Waals surface area (Å²) >= 11 is 7.12. The molecule has 1 atom stereocenters. The van der Waals surface area contributed by atoms with Gasteiger partial charge in [0.1, 0.15) is 9.34 Å². The lowest BCUT2D eigenvalue weighted by atomic mass is 10.2. The number of carbonyl (C=O) groups is 1. The van der Waals surface area contributed by atoms with Crippen LogP contribution < -0.4 is 5.32 Å². The van der Waals surface area contributed by atoms with Crippen LogP contribution in [-0.2, 0) is 9.53 Å². The molecule has 0 spiro atoms. The van der Waals surface area contributed by atoms with E-state index in [4.69, 9.17) is 16.3 Å². The highest BCUT2D eigenvalue weighted by molar-refractivity contribution is 7.16. The van der Waals surface area contributed by atoms with Crippen molar-refractivity contribution in [1.82, 2.24) is 4.98 Å². The standard InChI is InChI=1S/C13H13ClN2O2S/c1-8-5-3-4-6-9(8)16-11(13(17)18-2)12-15-7-10(14)19-12/h3-7,11,16H,1-2H3. The number of halogens is 1. The number of anilines is 1. The molecule has 2 rings (SSSR count). The van der Waals surface area contributed by atoms with Gasteiger partial charge in [-0.05, 0) is 18.6 Å². The zero-order valence-corrected chi connectivity index (χ0v) is 12.1. The quantitative estimate of drug-likeness (QED) is 0.878. The molecule has 1 unspecified atom stereocenters. The highest BCUT2D eigenvalue weighted by Crippen LogP contribution is 2.28. The van der Waals surface area contributed by atoms with E-state index in [-0.39, 0.29) is 0 Å². The number of para-hydroxylation sites is 1. The van der Waals surface area contributed by atoms with Crippen LogP contribution in [0.3, 0.4) is 0 Å². The third-order valence-corrected chi connectivity index (χ3v) is 3.80. The molecule has 0 saturated heterocycles. The largest absolute Gasteiger partial charge is 0.467 e. The van der Waals surface area contributed by atoms with E-state index in [0.29, 0.717) is 9.34 Å². The number of aryl methyl sites for hydroxylation is 1. The fraction of sp³-hybridized carbons (Fsp3) is 0.231. The Kier molecular flexibility index (Phi) is 4.39. The fourth-order valence-electron chi connectivity index (χ4n) is 1.63. The minimum Gasteiger partial charge on any atom is -0.467 e. The average Bonchev–Trinajstić information content (AvgIpc) is 2.83. The van der Waals surface area contributed by atoms with Gasteiger partial charge in [0.05, 0.1) is 13.3 Å². The molecule has 1 aromatic heterocycles. The van der Waals surface area contributed by atoms with Gasteiger partial charge in [-0.25, -0.2) is 9.78 Å². The molecule has 1 aromatic carbocycles. The number of nitrogens with zero attached hydrogens (tertiary/aromatic N) is 1. The molecule has 19 heavy (non-hydrogen) atoms. The molecule has 0 saturated carbocycles. The van der Waals surface area contributed by atoms with Gasteiger partial charge in [0.15, 0.2) is 6.04 Å². The molecular formula is C13H13ClN2O2S. The lowest BCUT2D eigenvalue weighted by molar-refractivity contribution is -0.141. The Balaban J connectivity index is 2.29. The first kappa shape index (κ1) is 13.8. The minimum absolute atomic E-state index is 0.394. The summed E-state index contributed by atoms with van der Waals surface area (Å²) in [6.45, 7) is 1.96. The molecular weight excluding hydrogens is 284 g/mol. The van der Waals surface area contributed by atoms with Crippen molar-refractivity contribution < 1.29 is 9.53 Å². The maximum Gasteiger partial charge on any atom is 0.335 e. The number of esters is 1. The second kappa shape index (κ2) is 6.04. The highest BCUT2D eigenvalue weighted by Gasteiger charge is 2.25. The van der Waals surface area contributed by atoms with Crippen molar-refractivity contribution in [3.8, 4) is 0 Å². The van der Waals surface area contributed by atoms with Gasteiger partial charge in [0.25, 0.3) is 0 Å². The van der Waals surface area contributed by atoms with E-state index in [9.17, 15) is 4.79 Å². The van der Waals surface area contributed by atoms with Gasteiger partial charge < -0.3 is 10.1 Å². The third-order valence-electron chi connectivity index (χ3n) is 2.62. The predicted octanol–water partition coefficient (Wildman–Crippen LogP) is 3.43. The molecule has 4 nitrogen and oxygen atoms in total. The zero-order chi connectivity index (χ0) is 13.8. The van der Waals surface area contributed by atoms with Gasteiger partial charge in [-0.1, -0.05) is 29.8 Å². The second-order valence-electron chi connectivity index (χ2n) is 3.92. The molecule has 0 amide bonds. The summed E-state index contributed by atoms with van der Waals surface area (Å²) in [6, 6.07) is 7.06. The monoisotopic (exact) mass is 296 g/mol. The van der Waals surface area contributed by atoms with Crippen molar-refractivity contribution in [2.24, 2.45) is 0 Å². The Morgan fingerprint density at radius 2 is 2.21 bits per heavy atom. The lowest BCUT2D eigenvalue weighted by Gasteiger charge is -2.16. The molecule has 0 bridgehead atoms. The van der Waals surface area contributed by atoms with E-state index in [0.717, 1.165) is 11.3 Å². The van der Waals surface area contributed by atoms with E-state index in [1.54, 1.807) is 0 Å². The first-order chi connectivity index (χ1) is 9.11. The second-order valence-corrected chi connectivity index (χ2v) is 5.61. The Morgan fingerprint density at radius 1 is 1.47 bits per heavy atom. The average molecular weight is 297 g/mol. The van der Waals surface area contributed by atoms with Crippen LogP contribution >= 0.6 is 22.9 Å². The summed E-state index contributed by atoms with van der Waals surface area (Å²) in [5, 5.41) is 3.73. The Morgan fingerprint density at radius 3 is 2.79 bits per heavy atom. The van der Waals surface area contributed by atoms with Crippen LogP contribution in [0.15, 0.2) is 30.5 Å². The van der Waals surface area contributed by atoms with Gasteiger partial charge in [0, 0.05) is 5.69 Å². The number of aromatic nitrogens is 1. The summed E-state index contributed by atoms with van der Waals surface area (Å²) in [4.78, 5) is 16.0. The molecule has 1 heterocycles. The van der Waals surface area contributed by atoms with Crippen molar-refractivity contribution in [1.29, 1.82) is 0 Å². The number of thiazole rings is 1. The van der Waals surface area contributed by atoms with Crippen LogP contribution in [0.1, 0.15) is 16.6 Å². The number of methoxy groups -OCH3 is 1. The summed E-state index contributed by atoms with van der Waals surface area (Å²) < 4.78 is 5.35. The van der Waals surface area contributed by atoms with Crippen molar-refractivity contribution in [2.45, 2.75) is 13.0 Å². The van der Waals surface area contributed by atoms with Gasteiger partial charge in [-0.2, -0.15) is 0 Å². The third kappa shape index (κ3) is 3.24. The van der Waals surface area contributed by atoms with Gasteiger partial charge in [-0.15, -0.1) is 11.3 Å². The summed E-state index contributed by atoms with van der Waals surface area (Å²) in [7, 11) is 1.35. The lowest BCUT2D eigenvalue weighted by Crippen LogP contribution is -2.22. The van der Waals surface area contributed by atoms with Gasteiger partial charge in [0.2, 0.25) is 0 Å². The number of nitrogens with one attached hydrogen (secondary N) is 1. The number of carbonyl (C=O) groups excluding carboxylic acids is 1. The Labute approximate surface area is 120 Å². The van der Waals surface area contributed by atoms with Gasteiger partial charge >= 0.3 is 5.97 Å². The van der Waals surface area contributed by atoms with E-state index < -0.39 is 12.0 Å². The van der Waals surface area contributed by atoms with E-state index in [1.807, 2.05) is 31.2 Å². The maximum absolute atomic E-state index is 11.9. The summed E-state index contributed by atoms with van der Waals surface area (Å²) in [5.41, 5.74) is 1.91. The number of benzene rings is 1. The normalized spacial score (nSPS) is 11.9. The smallest absolute Gasteiger partial charge is 0.335 e. The van der Waals surface area contributed by atoms with Gasteiger partial charge in [-0.3, -0.25) is 0 Å². The molecule has 0 aliphatic rings. The maximum atomic E-state index is 11.9. The number of hydrogen-bond donors (Lipinski definition) is 1. The van der Waals surface area contributed by atoms with Crippen LogP contribution in [0.5, 0.6) is 0 Å². The van der Waals surface area contributed by atoms with Crippen molar-refractivity contribution in [2.75, 3.05) is 12.4 Å². The molecule has 0 aliphatic carbocycles. The predicted molar refractivity (Wildman–Crippen MR) is 76.7 cm³/mol. The molecule has 0 radical (unpaired) electrons. The number of ether oxygens (including phenoxy) is 1. The van der Waals surface area contributed by atoms with Crippen molar-refractivity contribution in [3.05, 3.63) is 45.4 Å². The zero-order valence-electron chi connectivity index (χ0n) is 10.5. The number of rotatable bonds is 4. The SMILES string of the molecule is COC(=O)C(Nc1ccccc1C)c1ncc(Cl)s1.